The quantitative estimate of drug-likeness (QED) is 0.694. The topological polar surface area (TPSA) is 54.4 Å². The zero-order valence-electron chi connectivity index (χ0n) is 12.5. The zero-order chi connectivity index (χ0) is 15.3. The van der Waals surface area contributed by atoms with Crippen LogP contribution in [0.1, 0.15) is 42.3 Å². The SMILES string of the molecule is CC(C)(C)c1ccc(C=NNC(=O)c2cccnc2)cc1. The van der Waals surface area contributed by atoms with Gasteiger partial charge >= 0.3 is 0 Å². The Hall–Kier alpha value is -2.49. The molecule has 0 saturated heterocycles. The second-order valence-corrected chi connectivity index (χ2v) is 5.81. The maximum absolute atomic E-state index is 11.8. The summed E-state index contributed by atoms with van der Waals surface area (Å²) in [5, 5.41) is 3.96. The fraction of sp³-hybridized carbons (Fsp3) is 0.235. The van der Waals surface area contributed by atoms with E-state index in [9.17, 15) is 4.79 Å². The molecule has 0 aliphatic heterocycles. The lowest BCUT2D eigenvalue weighted by Gasteiger charge is -2.18. The van der Waals surface area contributed by atoms with Crippen molar-refractivity contribution in [2.45, 2.75) is 26.2 Å². The minimum Gasteiger partial charge on any atom is -0.267 e. The molecule has 1 heterocycles. The standard InChI is InChI=1S/C17H19N3O/c1-17(2,3)15-8-6-13(7-9-15)11-19-20-16(21)14-5-4-10-18-12-14/h4-12H,1-3H3,(H,20,21). The van der Waals surface area contributed by atoms with Crippen molar-refractivity contribution in [3.63, 3.8) is 0 Å². The van der Waals surface area contributed by atoms with Crippen molar-refractivity contribution in [2.24, 2.45) is 5.10 Å². The number of rotatable bonds is 3. The maximum Gasteiger partial charge on any atom is 0.272 e. The predicted octanol–water partition coefficient (Wildman–Crippen LogP) is 3.14. The maximum atomic E-state index is 11.8. The van der Waals surface area contributed by atoms with Crippen LogP contribution in [0.4, 0.5) is 0 Å². The molecule has 1 aromatic heterocycles. The summed E-state index contributed by atoms with van der Waals surface area (Å²) >= 11 is 0. The molecule has 21 heavy (non-hydrogen) atoms. The molecule has 4 nitrogen and oxygen atoms in total. The number of hydrogen-bond donors (Lipinski definition) is 1. The number of amides is 1. The molecule has 0 aliphatic rings. The van der Waals surface area contributed by atoms with Gasteiger partial charge in [-0.1, -0.05) is 45.0 Å². The lowest BCUT2D eigenvalue weighted by atomic mass is 9.87. The molecular formula is C17H19N3O. The van der Waals surface area contributed by atoms with E-state index in [2.05, 4.69) is 48.4 Å². The average Bonchev–Trinajstić information content (AvgIpc) is 2.47. The Morgan fingerprint density at radius 3 is 2.48 bits per heavy atom. The highest BCUT2D eigenvalue weighted by Gasteiger charge is 2.12. The molecule has 0 unspecified atom stereocenters. The highest BCUT2D eigenvalue weighted by atomic mass is 16.2. The third kappa shape index (κ3) is 4.24. The van der Waals surface area contributed by atoms with Crippen molar-refractivity contribution in [1.29, 1.82) is 0 Å². The van der Waals surface area contributed by atoms with Gasteiger partial charge in [0.05, 0.1) is 11.8 Å². The Morgan fingerprint density at radius 1 is 1.19 bits per heavy atom. The van der Waals surface area contributed by atoms with Gasteiger partial charge in [-0.2, -0.15) is 5.10 Å². The van der Waals surface area contributed by atoms with Crippen LogP contribution >= 0.6 is 0 Å². The summed E-state index contributed by atoms with van der Waals surface area (Å²) < 4.78 is 0. The molecular weight excluding hydrogens is 262 g/mol. The van der Waals surface area contributed by atoms with Crippen molar-refractivity contribution in [3.8, 4) is 0 Å². The number of nitrogens with one attached hydrogen (secondary N) is 1. The van der Waals surface area contributed by atoms with Gasteiger partial charge in [-0.25, -0.2) is 5.43 Å². The first-order valence-electron chi connectivity index (χ1n) is 6.81. The molecule has 1 aromatic carbocycles. The van der Waals surface area contributed by atoms with Crippen LogP contribution in [0.15, 0.2) is 53.9 Å². The van der Waals surface area contributed by atoms with Crippen molar-refractivity contribution in [1.82, 2.24) is 10.4 Å². The van der Waals surface area contributed by atoms with Crippen LogP contribution < -0.4 is 5.43 Å². The molecule has 0 spiro atoms. The zero-order valence-corrected chi connectivity index (χ0v) is 12.5. The fourth-order valence-electron chi connectivity index (χ4n) is 1.80. The summed E-state index contributed by atoms with van der Waals surface area (Å²) in [6.07, 6.45) is 4.75. The molecule has 1 amide bonds. The van der Waals surface area contributed by atoms with Crippen LogP contribution in [0.25, 0.3) is 0 Å². The number of hydrazone groups is 1. The third-order valence-electron chi connectivity index (χ3n) is 3.08. The first-order chi connectivity index (χ1) is 9.97. The molecule has 0 radical (unpaired) electrons. The lowest BCUT2D eigenvalue weighted by molar-refractivity contribution is 0.0955. The first-order valence-corrected chi connectivity index (χ1v) is 6.81. The second-order valence-electron chi connectivity index (χ2n) is 5.81. The van der Waals surface area contributed by atoms with E-state index >= 15 is 0 Å². The summed E-state index contributed by atoms with van der Waals surface area (Å²) in [5.41, 5.74) is 5.30. The van der Waals surface area contributed by atoms with Crippen LogP contribution in [-0.2, 0) is 5.41 Å². The summed E-state index contributed by atoms with van der Waals surface area (Å²) in [6.45, 7) is 6.51. The van der Waals surface area contributed by atoms with Gasteiger partial charge in [-0.05, 0) is 28.7 Å². The number of nitrogens with zero attached hydrogens (tertiary/aromatic N) is 2. The van der Waals surface area contributed by atoms with E-state index < -0.39 is 0 Å². The molecule has 0 bridgehead atoms. The predicted molar refractivity (Wildman–Crippen MR) is 84.4 cm³/mol. The smallest absolute Gasteiger partial charge is 0.267 e. The average molecular weight is 281 g/mol. The summed E-state index contributed by atoms with van der Waals surface area (Å²) in [5.74, 6) is -0.273. The van der Waals surface area contributed by atoms with Gasteiger partial charge in [0.15, 0.2) is 0 Å². The number of carbonyl (C=O) groups excluding carboxylic acids is 1. The Labute approximate surface area is 124 Å². The van der Waals surface area contributed by atoms with E-state index in [1.807, 2.05) is 12.1 Å². The molecule has 2 rings (SSSR count). The molecule has 0 aliphatic carbocycles. The Kier molecular flexibility index (Phi) is 4.48. The van der Waals surface area contributed by atoms with Gasteiger partial charge in [-0.15, -0.1) is 0 Å². The van der Waals surface area contributed by atoms with Gasteiger partial charge < -0.3 is 0 Å². The van der Waals surface area contributed by atoms with Crippen LogP contribution in [0, 0.1) is 0 Å². The lowest BCUT2D eigenvalue weighted by Crippen LogP contribution is -2.17. The van der Waals surface area contributed by atoms with E-state index in [0.717, 1.165) is 5.56 Å². The number of aromatic nitrogens is 1. The van der Waals surface area contributed by atoms with Crippen LogP contribution in [0.2, 0.25) is 0 Å². The Morgan fingerprint density at radius 2 is 1.90 bits per heavy atom. The highest BCUT2D eigenvalue weighted by molar-refractivity contribution is 5.94. The van der Waals surface area contributed by atoms with Gasteiger partial charge in [0.25, 0.3) is 5.91 Å². The Balaban J connectivity index is 1.97. The van der Waals surface area contributed by atoms with Crippen molar-refractivity contribution < 1.29 is 4.79 Å². The van der Waals surface area contributed by atoms with Crippen LogP contribution in [0.5, 0.6) is 0 Å². The molecule has 2 aromatic rings. The van der Waals surface area contributed by atoms with Crippen molar-refractivity contribution in [3.05, 3.63) is 65.5 Å². The molecule has 0 fully saturated rings. The monoisotopic (exact) mass is 281 g/mol. The van der Waals surface area contributed by atoms with Crippen LogP contribution in [-0.4, -0.2) is 17.1 Å². The molecule has 0 saturated carbocycles. The molecule has 1 N–H and O–H groups in total. The number of hydrogen-bond acceptors (Lipinski definition) is 3. The van der Waals surface area contributed by atoms with Gasteiger partial charge in [0.2, 0.25) is 0 Å². The van der Waals surface area contributed by atoms with Crippen molar-refractivity contribution in [2.75, 3.05) is 0 Å². The number of pyridine rings is 1. The largest absolute Gasteiger partial charge is 0.272 e. The highest BCUT2D eigenvalue weighted by Crippen LogP contribution is 2.21. The molecule has 4 heteroatoms. The van der Waals surface area contributed by atoms with E-state index in [-0.39, 0.29) is 11.3 Å². The summed E-state index contributed by atoms with van der Waals surface area (Å²) in [4.78, 5) is 15.6. The van der Waals surface area contributed by atoms with Gasteiger partial charge in [0.1, 0.15) is 0 Å². The molecule has 108 valence electrons. The van der Waals surface area contributed by atoms with Crippen LogP contribution in [0.3, 0.4) is 0 Å². The van der Waals surface area contributed by atoms with E-state index in [1.165, 1.54) is 11.8 Å². The van der Waals surface area contributed by atoms with Gasteiger partial charge in [0, 0.05) is 12.4 Å². The van der Waals surface area contributed by atoms with E-state index in [0.29, 0.717) is 5.56 Å². The van der Waals surface area contributed by atoms with Crippen molar-refractivity contribution >= 4 is 12.1 Å². The van der Waals surface area contributed by atoms with E-state index in [4.69, 9.17) is 0 Å². The minimum absolute atomic E-state index is 0.129. The third-order valence-corrected chi connectivity index (χ3v) is 3.08. The fourth-order valence-corrected chi connectivity index (χ4v) is 1.80. The molecule has 0 atom stereocenters. The number of carbonyl (C=O) groups is 1. The van der Waals surface area contributed by atoms with E-state index in [1.54, 1.807) is 24.5 Å². The number of benzene rings is 1. The first kappa shape index (κ1) is 14.9. The van der Waals surface area contributed by atoms with Gasteiger partial charge in [-0.3, -0.25) is 9.78 Å². The summed E-state index contributed by atoms with van der Waals surface area (Å²) in [6, 6.07) is 11.5. The normalized spacial score (nSPS) is 11.6. The second kappa shape index (κ2) is 6.31. The Bertz CT molecular complexity index is 625. The minimum atomic E-state index is -0.273. The summed E-state index contributed by atoms with van der Waals surface area (Å²) in [7, 11) is 0.